The van der Waals surface area contributed by atoms with E-state index >= 15 is 0 Å². The van der Waals surface area contributed by atoms with Crippen molar-refractivity contribution >= 4 is 5.91 Å². The molecule has 0 spiro atoms. The summed E-state index contributed by atoms with van der Waals surface area (Å²) < 4.78 is 5.08. The Kier molecular flexibility index (Phi) is 5.33. The fraction of sp³-hybridized carbons (Fsp3) is 0.412. The van der Waals surface area contributed by atoms with Gasteiger partial charge in [0.15, 0.2) is 0 Å². The molecule has 1 aromatic carbocycles. The van der Waals surface area contributed by atoms with Crippen LogP contribution in [0.4, 0.5) is 0 Å². The minimum absolute atomic E-state index is 0.146. The zero-order valence-corrected chi connectivity index (χ0v) is 13.2. The van der Waals surface area contributed by atoms with Gasteiger partial charge < -0.3 is 14.9 Å². The SMILES string of the molecule is Cc1ccc(-c2cc(C(=O)NCC(O)CC(C)C)on2)cc1. The van der Waals surface area contributed by atoms with E-state index < -0.39 is 6.10 Å². The predicted octanol–water partition coefficient (Wildman–Crippen LogP) is 2.79. The van der Waals surface area contributed by atoms with Crippen molar-refractivity contribution in [2.45, 2.75) is 33.3 Å². The lowest BCUT2D eigenvalue weighted by molar-refractivity contribution is 0.0865. The van der Waals surface area contributed by atoms with Gasteiger partial charge in [0.1, 0.15) is 5.69 Å². The topological polar surface area (TPSA) is 75.4 Å². The van der Waals surface area contributed by atoms with E-state index in [1.165, 1.54) is 0 Å². The number of aromatic nitrogens is 1. The quantitative estimate of drug-likeness (QED) is 0.860. The van der Waals surface area contributed by atoms with E-state index in [-0.39, 0.29) is 18.2 Å². The Hall–Kier alpha value is -2.14. The number of amides is 1. The molecule has 1 aromatic heterocycles. The van der Waals surface area contributed by atoms with Gasteiger partial charge >= 0.3 is 0 Å². The number of aliphatic hydroxyl groups is 1. The van der Waals surface area contributed by atoms with Gasteiger partial charge in [-0.15, -0.1) is 0 Å². The van der Waals surface area contributed by atoms with Crippen LogP contribution in [0.5, 0.6) is 0 Å². The van der Waals surface area contributed by atoms with Crippen LogP contribution in [0.1, 0.15) is 36.4 Å². The molecule has 2 rings (SSSR count). The van der Waals surface area contributed by atoms with Crippen LogP contribution < -0.4 is 5.32 Å². The molecule has 0 radical (unpaired) electrons. The molecule has 0 bridgehead atoms. The first kappa shape index (κ1) is 16.2. The van der Waals surface area contributed by atoms with Gasteiger partial charge in [0.2, 0.25) is 5.76 Å². The molecule has 1 heterocycles. The lowest BCUT2D eigenvalue weighted by Crippen LogP contribution is -2.32. The molecule has 0 saturated heterocycles. The van der Waals surface area contributed by atoms with Gasteiger partial charge in [-0.1, -0.05) is 48.8 Å². The summed E-state index contributed by atoms with van der Waals surface area (Å²) in [4.78, 5) is 12.0. The highest BCUT2D eigenvalue weighted by Crippen LogP contribution is 2.19. The van der Waals surface area contributed by atoms with Gasteiger partial charge in [-0.05, 0) is 19.3 Å². The third-order valence-corrected chi connectivity index (χ3v) is 3.32. The van der Waals surface area contributed by atoms with Crippen molar-refractivity contribution in [2.75, 3.05) is 6.54 Å². The van der Waals surface area contributed by atoms with E-state index in [1.54, 1.807) is 6.07 Å². The zero-order valence-electron chi connectivity index (χ0n) is 13.2. The summed E-state index contributed by atoms with van der Waals surface area (Å²) in [5, 5.41) is 16.3. The molecule has 22 heavy (non-hydrogen) atoms. The third-order valence-electron chi connectivity index (χ3n) is 3.32. The number of aryl methyl sites for hydroxylation is 1. The molecule has 2 N–H and O–H groups in total. The molecule has 0 fully saturated rings. The minimum Gasteiger partial charge on any atom is -0.391 e. The van der Waals surface area contributed by atoms with Crippen LogP contribution in [-0.4, -0.2) is 28.8 Å². The number of rotatable bonds is 6. The molecule has 0 aliphatic carbocycles. The number of carbonyl (C=O) groups excluding carboxylic acids is 1. The van der Waals surface area contributed by atoms with Crippen LogP contribution in [0.25, 0.3) is 11.3 Å². The summed E-state index contributed by atoms with van der Waals surface area (Å²) in [6, 6.07) is 9.43. The van der Waals surface area contributed by atoms with Gasteiger partial charge in [0, 0.05) is 18.2 Å². The summed E-state index contributed by atoms with van der Waals surface area (Å²) in [6.45, 7) is 6.26. The Morgan fingerprint density at radius 3 is 2.64 bits per heavy atom. The van der Waals surface area contributed by atoms with Crippen molar-refractivity contribution in [2.24, 2.45) is 5.92 Å². The smallest absolute Gasteiger partial charge is 0.290 e. The van der Waals surface area contributed by atoms with Gasteiger partial charge in [0.05, 0.1) is 6.10 Å². The van der Waals surface area contributed by atoms with E-state index in [2.05, 4.69) is 10.5 Å². The van der Waals surface area contributed by atoms with E-state index in [9.17, 15) is 9.90 Å². The largest absolute Gasteiger partial charge is 0.391 e. The number of hydrogen-bond acceptors (Lipinski definition) is 4. The molecule has 1 unspecified atom stereocenters. The van der Waals surface area contributed by atoms with Crippen molar-refractivity contribution < 1.29 is 14.4 Å². The molecule has 1 amide bonds. The average Bonchev–Trinajstić information content (AvgIpc) is 2.94. The second kappa shape index (κ2) is 7.22. The summed E-state index contributed by atoms with van der Waals surface area (Å²) in [5.74, 6) is 0.159. The fourth-order valence-electron chi connectivity index (χ4n) is 2.17. The fourth-order valence-corrected chi connectivity index (χ4v) is 2.17. The minimum atomic E-state index is -0.552. The van der Waals surface area contributed by atoms with Crippen LogP contribution in [0.15, 0.2) is 34.9 Å². The molecule has 5 heteroatoms. The Labute approximate surface area is 130 Å². The highest BCUT2D eigenvalue weighted by Gasteiger charge is 2.15. The maximum absolute atomic E-state index is 12.0. The van der Waals surface area contributed by atoms with Crippen LogP contribution >= 0.6 is 0 Å². The average molecular weight is 302 g/mol. The van der Waals surface area contributed by atoms with Gasteiger partial charge in [-0.25, -0.2) is 0 Å². The first-order valence-corrected chi connectivity index (χ1v) is 7.45. The van der Waals surface area contributed by atoms with Crippen molar-refractivity contribution in [3.63, 3.8) is 0 Å². The third kappa shape index (κ3) is 4.43. The molecule has 0 saturated carbocycles. The van der Waals surface area contributed by atoms with Gasteiger partial charge in [0.25, 0.3) is 5.91 Å². The van der Waals surface area contributed by atoms with E-state index in [0.717, 1.165) is 11.1 Å². The van der Waals surface area contributed by atoms with E-state index in [4.69, 9.17) is 4.52 Å². The second-order valence-electron chi connectivity index (χ2n) is 5.94. The van der Waals surface area contributed by atoms with Crippen LogP contribution in [0.2, 0.25) is 0 Å². The Morgan fingerprint density at radius 1 is 1.32 bits per heavy atom. The van der Waals surface area contributed by atoms with Crippen LogP contribution in [-0.2, 0) is 0 Å². The number of nitrogens with zero attached hydrogens (tertiary/aromatic N) is 1. The number of aliphatic hydroxyl groups excluding tert-OH is 1. The summed E-state index contributed by atoms with van der Waals surface area (Å²) in [6.07, 6.45) is 0.0918. The summed E-state index contributed by atoms with van der Waals surface area (Å²) >= 11 is 0. The van der Waals surface area contributed by atoms with E-state index in [1.807, 2.05) is 45.0 Å². The highest BCUT2D eigenvalue weighted by atomic mass is 16.5. The highest BCUT2D eigenvalue weighted by molar-refractivity contribution is 5.92. The lowest BCUT2D eigenvalue weighted by atomic mass is 10.1. The molecule has 1 atom stereocenters. The first-order valence-electron chi connectivity index (χ1n) is 7.45. The maximum atomic E-state index is 12.0. The molecule has 0 aliphatic rings. The lowest BCUT2D eigenvalue weighted by Gasteiger charge is -2.12. The molecule has 0 aliphatic heterocycles. The van der Waals surface area contributed by atoms with Crippen molar-refractivity contribution in [3.05, 3.63) is 41.7 Å². The predicted molar refractivity (Wildman–Crippen MR) is 84.5 cm³/mol. The second-order valence-corrected chi connectivity index (χ2v) is 5.94. The summed E-state index contributed by atoms with van der Waals surface area (Å²) in [5.41, 5.74) is 2.67. The number of carbonyl (C=O) groups is 1. The molecule has 118 valence electrons. The standard InChI is InChI=1S/C17H22N2O3/c1-11(2)8-14(20)10-18-17(21)16-9-15(19-22-16)13-6-4-12(3)5-7-13/h4-7,9,11,14,20H,8,10H2,1-3H3,(H,18,21). The van der Waals surface area contributed by atoms with Gasteiger partial charge in [-0.2, -0.15) is 0 Å². The van der Waals surface area contributed by atoms with Crippen LogP contribution in [0.3, 0.4) is 0 Å². The normalized spacial score (nSPS) is 12.4. The zero-order chi connectivity index (χ0) is 16.1. The number of nitrogens with one attached hydrogen (secondary N) is 1. The van der Waals surface area contributed by atoms with Crippen molar-refractivity contribution in [3.8, 4) is 11.3 Å². The van der Waals surface area contributed by atoms with Crippen molar-refractivity contribution in [1.82, 2.24) is 10.5 Å². The monoisotopic (exact) mass is 302 g/mol. The first-order chi connectivity index (χ1) is 10.5. The Morgan fingerprint density at radius 2 is 2.00 bits per heavy atom. The van der Waals surface area contributed by atoms with E-state index in [0.29, 0.717) is 18.0 Å². The van der Waals surface area contributed by atoms with Crippen LogP contribution in [0, 0.1) is 12.8 Å². The number of hydrogen-bond donors (Lipinski definition) is 2. The summed E-state index contributed by atoms with van der Waals surface area (Å²) in [7, 11) is 0. The Bertz CT molecular complexity index is 617. The molecular formula is C17H22N2O3. The molecular weight excluding hydrogens is 280 g/mol. The van der Waals surface area contributed by atoms with Crippen molar-refractivity contribution in [1.29, 1.82) is 0 Å². The number of benzene rings is 1. The molecule has 5 nitrogen and oxygen atoms in total. The van der Waals surface area contributed by atoms with Gasteiger partial charge in [-0.3, -0.25) is 4.79 Å². The molecule has 2 aromatic rings. The maximum Gasteiger partial charge on any atom is 0.290 e. The Balaban J connectivity index is 1.96.